The molecule has 2 amide bonds. The SMILES string of the molecule is CCCCN(CCCC)CCNC(=O)C[C@@H]1Oc2ccccc2NC1=O. The third-order valence-electron chi connectivity index (χ3n) is 4.48. The lowest BCUT2D eigenvalue weighted by Crippen LogP contribution is -2.42. The summed E-state index contributed by atoms with van der Waals surface area (Å²) >= 11 is 0. The first-order valence-electron chi connectivity index (χ1n) is 9.69. The molecule has 1 aliphatic heterocycles. The van der Waals surface area contributed by atoms with E-state index in [2.05, 4.69) is 29.4 Å². The average Bonchev–Trinajstić information content (AvgIpc) is 2.64. The molecule has 0 aromatic heterocycles. The Morgan fingerprint density at radius 1 is 1.15 bits per heavy atom. The second kappa shape index (κ2) is 10.8. The molecule has 1 aromatic rings. The summed E-state index contributed by atoms with van der Waals surface area (Å²) in [6.07, 6.45) is 3.95. The number of fused-ring (bicyclic) bond motifs is 1. The molecule has 144 valence electrons. The van der Waals surface area contributed by atoms with E-state index in [1.54, 1.807) is 12.1 Å². The van der Waals surface area contributed by atoms with E-state index in [1.807, 2.05) is 12.1 Å². The Balaban J connectivity index is 1.75. The standard InChI is InChI=1S/C20H31N3O3/c1-3-5-12-23(13-6-4-2)14-11-21-19(24)15-18-20(25)22-16-9-7-8-10-17(16)26-18/h7-10,18H,3-6,11-15H2,1-2H3,(H,21,24)(H,22,25)/t18-/m0/s1. The lowest BCUT2D eigenvalue weighted by molar-refractivity contribution is -0.130. The Morgan fingerprint density at radius 2 is 1.85 bits per heavy atom. The molecular formula is C20H31N3O3. The van der Waals surface area contributed by atoms with E-state index in [0.717, 1.165) is 19.6 Å². The van der Waals surface area contributed by atoms with Gasteiger partial charge < -0.3 is 20.3 Å². The summed E-state index contributed by atoms with van der Waals surface area (Å²) < 4.78 is 5.67. The van der Waals surface area contributed by atoms with Crippen LogP contribution in [-0.2, 0) is 9.59 Å². The highest BCUT2D eigenvalue weighted by atomic mass is 16.5. The Bertz CT molecular complexity index is 583. The zero-order valence-electron chi connectivity index (χ0n) is 15.9. The molecule has 1 aromatic carbocycles. The van der Waals surface area contributed by atoms with Crippen LogP contribution in [0.25, 0.3) is 0 Å². The molecule has 6 heteroatoms. The summed E-state index contributed by atoms with van der Waals surface area (Å²) in [4.78, 5) is 26.7. The van der Waals surface area contributed by atoms with Crippen molar-refractivity contribution in [3.8, 4) is 5.75 Å². The molecule has 0 saturated carbocycles. The molecular weight excluding hydrogens is 330 g/mol. The van der Waals surface area contributed by atoms with Crippen molar-refractivity contribution >= 4 is 17.5 Å². The predicted molar refractivity (Wildman–Crippen MR) is 103 cm³/mol. The van der Waals surface area contributed by atoms with Gasteiger partial charge >= 0.3 is 0 Å². The number of ether oxygens (including phenoxy) is 1. The van der Waals surface area contributed by atoms with Crippen LogP contribution in [0.4, 0.5) is 5.69 Å². The maximum absolute atomic E-state index is 12.2. The van der Waals surface area contributed by atoms with E-state index in [9.17, 15) is 9.59 Å². The van der Waals surface area contributed by atoms with Gasteiger partial charge in [-0.1, -0.05) is 38.8 Å². The zero-order chi connectivity index (χ0) is 18.8. The number of para-hydroxylation sites is 2. The summed E-state index contributed by atoms with van der Waals surface area (Å²) in [5.41, 5.74) is 0.650. The lowest BCUT2D eigenvalue weighted by Gasteiger charge is -2.25. The van der Waals surface area contributed by atoms with Crippen LogP contribution < -0.4 is 15.4 Å². The summed E-state index contributed by atoms with van der Waals surface area (Å²) in [5, 5.41) is 5.70. The second-order valence-electron chi connectivity index (χ2n) is 6.69. The molecule has 0 fully saturated rings. The summed E-state index contributed by atoms with van der Waals surface area (Å²) in [6, 6.07) is 7.25. The third-order valence-corrected chi connectivity index (χ3v) is 4.48. The molecule has 1 heterocycles. The van der Waals surface area contributed by atoms with Crippen molar-refractivity contribution < 1.29 is 14.3 Å². The molecule has 0 bridgehead atoms. The van der Waals surface area contributed by atoms with Crippen LogP contribution >= 0.6 is 0 Å². The molecule has 0 aliphatic carbocycles. The van der Waals surface area contributed by atoms with Gasteiger partial charge in [0, 0.05) is 13.1 Å². The molecule has 26 heavy (non-hydrogen) atoms. The van der Waals surface area contributed by atoms with Gasteiger partial charge in [0.1, 0.15) is 5.75 Å². The first kappa shape index (κ1) is 20.2. The van der Waals surface area contributed by atoms with Crippen LogP contribution in [0.2, 0.25) is 0 Å². The predicted octanol–water partition coefficient (Wildman–Crippen LogP) is 2.79. The van der Waals surface area contributed by atoms with Gasteiger partial charge in [0.15, 0.2) is 6.10 Å². The average molecular weight is 361 g/mol. The highest BCUT2D eigenvalue weighted by Gasteiger charge is 2.29. The molecule has 2 rings (SSSR count). The van der Waals surface area contributed by atoms with Crippen molar-refractivity contribution in [2.45, 2.75) is 52.1 Å². The van der Waals surface area contributed by atoms with Crippen molar-refractivity contribution in [3.05, 3.63) is 24.3 Å². The minimum absolute atomic E-state index is 0.0318. The number of nitrogens with one attached hydrogen (secondary N) is 2. The van der Waals surface area contributed by atoms with Gasteiger partial charge in [0.2, 0.25) is 5.91 Å². The minimum Gasteiger partial charge on any atom is -0.478 e. The minimum atomic E-state index is -0.777. The van der Waals surface area contributed by atoms with Crippen LogP contribution in [-0.4, -0.2) is 49.0 Å². The number of hydrogen-bond donors (Lipinski definition) is 2. The van der Waals surface area contributed by atoms with Gasteiger partial charge in [-0.3, -0.25) is 9.59 Å². The van der Waals surface area contributed by atoms with E-state index in [4.69, 9.17) is 4.74 Å². The number of rotatable bonds is 11. The van der Waals surface area contributed by atoms with Crippen LogP contribution in [0.15, 0.2) is 24.3 Å². The van der Waals surface area contributed by atoms with Crippen LogP contribution in [0.5, 0.6) is 5.75 Å². The fraction of sp³-hybridized carbons (Fsp3) is 0.600. The number of carbonyl (C=O) groups is 2. The molecule has 1 aliphatic rings. The molecule has 2 N–H and O–H groups in total. The molecule has 0 spiro atoms. The summed E-state index contributed by atoms with van der Waals surface area (Å²) in [6.45, 7) is 7.94. The smallest absolute Gasteiger partial charge is 0.266 e. The Hall–Kier alpha value is -2.08. The van der Waals surface area contributed by atoms with Gasteiger partial charge in [-0.2, -0.15) is 0 Å². The maximum atomic E-state index is 12.2. The van der Waals surface area contributed by atoms with Gasteiger partial charge in [-0.25, -0.2) is 0 Å². The van der Waals surface area contributed by atoms with E-state index < -0.39 is 6.10 Å². The number of carbonyl (C=O) groups excluding carboxylic acids is 2. The summed E-state index contributed by atoms with van der Waals surface area (Å²) in [5.74, 6) is 0.178. The maximum Gasteiger partial charge on any atom is 0.266 e. The van der Waals surface area contributed by atoms with E-state index >= 15 is 0 Å². The molecule has 0 unspecified atom stereocenters. The number of amides is 2. The fourth-order valence-electron chi connectivity index (χ4n) is 2.92. The lowest BCUT2D eigenvalue weighted by atomic mass is 10.1. The number of hydrogen-bond acceptors (Lipinski definition) is 4. The van der Waals surface area contributed by atoms with E-state index in [1.165, 1.54) is 25.7 Å². The van der Waals surface area contributed by atoms with Crippen molar-refractivity contribution in [2.24, 2.45) is 0 Å². The molecule has 0 saturated heterocycles. The van der Waals surface area contributed by atoms with Gasteiger partial charge in [0.25, 0.3) is 5.91 Å². The number of nitrogens with zero attached hydrogens (tertiary/aromatic N) is 1. The molecule has 1 atom stereocenters. The Kier molecular flexibility index (Phi) is 8.41. The second-order valence-corrected chi connectivity index (χ2v) is 6.69. The largest absolute Gasteiger partial charge is 0.478 e. The van der Waals surface area contributed by atoms with Gasteiger partial charge in [-0.15, -0.1) is 0 Å². The Labute approximate surface area is 156 Å². The molecule has 0 radical (unpaired) electrons. The highest BCUT2D eigenvalue weighted by molar-refractivity contribution is 5.99. The van der Waals surface area contributed by atoms with Gasteiger partial charge in [0.05, 0.1) is 12.1 Å². The first-order valence-corrected chi connectivity index (χ1v) is 9.69. The van der Waals surface area contributed by atoms with Crippen LogP contribution in [0.1, 0.15) is 46.0 Å². The van der Waals surface area contributed by atoms with Crippen molar-refractivity contribution in [2.75, 3.05) is 31.5 Å². The zero-order valence-corrected chi connectivity index (χ0v) is 15.9. The van der Waals surface area contributed by atoms with Crippen molar-refractivity contribution in [1.29, 1.82) is 0 Å². The highest BCUT2D eigenvalue weighted by Crippen LogP contribution is 2.29. The Morgan fingerprint density at radius 3 is 2.54 bits per heavy atom. The van der Waals surface area contributed by atoms with Crippen molar-refractivity contribution in [1.82, 2.24) is 10.2 Å². The van der Waals surface area contributed by atoms with E-state index in [-0.39, 0.29) is 18.2 Å². The van der Waals surface area contributed by atoms with Gasteiger partial charge in [-0.05, 0) is 38.1 Å². The quantitative estimate of drug-likeness (QED) is 0.636. The third kappa shape index (κ3) is 6.33. The normalized spacial score (nSPS) is 16.0. The number of anilines is 1. The first-order chi connectivity index (χ1) is 12.6. The monoisotopic (exact) mass is 361 g/mol. The fourth-order valence-corrected chi connectivity index (χ4v) is 2.92. The topological polar surface area (TPSA) is 70.7 Å². The number of unbranched alkanes of at least 4 members (excludes halogenated alkanes) is 2. The van der Waals surface area contributed by atoms with Crippen LogP contribution in [0.3, 0.4) is 0 Å². The molecule has 6 nitrogen and oxygen atoms in total. The van der Waals surface area contributed by atoms with E-state index in [0.29, 0.717) is 18.0 Å². The van der Waals surface area contributed by atoms with Crippen LogP contribution in [0, 0.1) is 0 Å². The van der Waals surface area contributed by atoms with Crippen molar-refractivity contribution in [3.63, 3.8) is 0 Å². The number of benzene rings is 1. The summed E-state index contributed by atoms with van der Waals surface area (Å²) in [7, 11) is 0.